The molecule has 0 saturated heterocycles. The molecule has 0 aromatic heterocycles. The van der Waals surface area contributed by atoms with Crippen molar-refractivity contribution in [2.24, 2.45) is 5.92 Å². The fraction of sp³-hybridized carbons (Fsp3) is 0.211. The van der Waals surface area contributed by atoms with Gasteiger partial charge in [-0.25, -0.2) is 4.79 Å². The minimum Gasteiger partial charge on any atom is -0.329 e. The molecular formula is C19H14F3NO4. The third-order valence-electron chi connectivity index (χ3n) is 4.14. The Labute approximate surface area is 152 Å². The van der Waals surface area contributed by atoms with Gasteiger partial charge in [-0.2, -0.15) is 13.2 Å². The summed E-state index contributed by atoms with van der Waals surface area (Å²) < 4.78 is 38.3. The number of alkyl halides is 3. The molecule has 2 amide bonds. The van der Waals surface area contributed by atoms with E-state index in [2.05, 4.69) is 0 Å². The van der Waals surface area contributed by atoms with E-state index in [1.54, 1.807) is 12.1 Å². The van der Waals surface area contributed by atoms with Gasteiger partial charge in [0.25, 0.3) is 11.8 Å². The Morgan fingerprint density at radius 3 is 2.19 bits per heavy atom. The molecule has 0 aliphatic carbocycles. The van der Waals surface area contributed by atoms with Crippen molar-refractivity contribution in [1.82, 2.24) is 5.06 Å². The van der Waals surface area contributed by atoms with Crippen molar-refractivity contribution in [3.05, 3.63) is 70.8 Å². The van der Waals surface area contributed by atoms with Crippen molar-refractivity contribution in [3.8, 4) is 0 Å². The van der Waals surface area contributed by atoms with Gasteiger partial charge in [0.15, 0.2) is 0 Å². The number of halogens is 3. The zero-order chi connectivity index (χ0) is 19.8. The number of carbonyl (C=O) groups excluding carboxylic acids is 3. The molecule has 1 atom stereocenters. The smallest absolute Gasteiger partial charge is 0.329 e. The number of carbonyl (C=O) groups is 3. The van der Waals surface area contributed by atoms with Crippen LogP contribution in [0.3, 0.4) is 0 Å². The Balaban J connectivity index is 1.69. The van der Waals surface area contributed by atoms with Crippen LogP contribution in [0.5, 0.6) is 0 Å². The number of hydrogen-bond acceptors (Lipinski definition) is 4. The summed E-state index contributed by atoms with van der Waals surface area (Å²) in [5.74, 6) is -3.26. The highest BCUT2D eigenvalue weighted by Crippen LogP contribution is 2.30. The predicted octanol–water partition coefficient (Wildman–Crippen LogP) is 3.64. The van der Waals surface area contributed by atoms with Crippen molar-refractivity contribution >= 4 is 17.8 Å². The lowest BCUT2D eigenvalue weighted by Gasteiger charge is -2.17. The van der Waals surface area contributed by atoms with Crippen LogP contribution in [0.15, 0.2) is 48.5 Å². The Bertz CT molecular complexity index is 888. The van der Waals surface area contributed by atoms with E-state index in [1.165, 1.54) is 31.2 Å². The van der Waals surface area contributed by atoms with Gasteiger partial charge >= 0.3 is 12.1 Å². The van der Waals surface area contributed by atoms with Crippen LogP contribution in [0, 0.1) is 5.92 Å². The number of benzene rings is 2. The lowest BCUT2D eigenvalue weighted by Crippen LogP contribution is -2.35. The predicted molar refractivity (Wildman–Crippen MR) is 87.3 cm³/mol. The molecular weight excluding hydrogens is 363 g/mol. The summed E-state index contributed by atoms with van der Waals surface area (Å²) in [6, 6.07) is 10.6. The summed E-state index contributed by atoms with van der Waals surface area (Å²) in [7, 11) is 0. The lowest BCUT2D eigenvalue weighted by molar-refractivity contribution is -0.173. The fourth-order valence-corrected chi connectivity index (χ4v) is 2.74. The number of fused-ring (bicyclic) bond motifs is 1. The molecule has 1 heterocycles. The van der Waals surface area contributed by atoms with Gasteiger partial charge in [-0.3, -0.25) is 9.59 Å². The Kier molecular flexibility index (Phi) is 4.73. The van der Waals surface area contributed by atoms with Crippen molar-refractivity contribution in [2.45, 2.75) is 19.5 Å². The van der Waals surface area contributed by atoms with Crippen LogP contribution in [0.2, 0.25) is 0 Å². The zero-order valence-electron chi connectivity index (χ0n) is 14.1. The molecule has 0 spiro atoms. The van der Waals surface area contributed by atoms with Crippen molar-refractivity contribution in [2.75, 3.05) is 0 Å². The molecule has 0 bridgehead atoms. The standard InChI is InChI=1S/C19H14F3NO4/c1-11(9-12-5-4-6-13(10-12)19(20,21)22)18(26)27-23-16(24)14-7-2-3-8-15(14)17(23)25/h2-8,10-11H,9H2,1H3. The maximum absolute atomic E-state index is 12.8. The molecule has 1 unspecified atom stereocenters. The monoisotopic (exact) mass is 377 g/mol. The van der Waals surface area contributed by atoms with Gasteiger partial charge in [0.05, 0.1) is 22.6 Å². The van der Waals surface area contributed by atoms with Crippen LogP contribution < -0.4 is 0 Å². The van der Waals surface area contributed by atoms with Crippen LogP contribution in [-0.4, -0.2) is 22.8 Å². The minimum absolute atomic E-state index is 0.0358. The highest BCUT2D eigenvalue weighted by atomic mass is 19.4. The van der Waals surface area contributed by atoms with Crippen LogP contribution in [0.4, 0.5) is 13.2 Å². The van der Waals surface area contributed by atoms with Crippen LogP contribution in [-0.2, 0) is 22.2 Å². The first-order chi connectivity index (χ1) is 12.7. The molecule has 0 N–H and O–H groups in total. The molecule has 1 aliphatic heterocycles. The fourth-order valence-electron chi connectivity index (χ4n) is 2.74. The highest BCUT2D eigenvalue weighted by Gasteiger charge is 2.39. The second kappa shape index (κ2) is 6.86. The van der Waals surface area contributed by atoms with E-state index in [0.29, 0.717) is 5.06 Å². The van der Waals surface area contributed by atoms with E-state index in [-0.39, 0.29) is 23.1 Å². The molecule has 0 fully saturated rings. The van der Waals surface area contributed by atoms with Gasteiger partial charge in [0.2, 0.25) is 0 Å². The van der Waals surface area contributed by atoms with Gasteiger partial charge in [-0.05, 0) is 30.2 Å². The van der Waals surface area contributed by atoms with E-state index in [4.69, 9.17) is 4.84 Å². The third kappa shape index (κ3) is 3.69. The first kappa shape index (κ1) is 18.6. The first-order valence-corrected chi connectivity index (χ1v) is 8.04. The molecule has 5 nitrogen and oxygen atoms in total. The van der Waals surface area contributed by atoms with Crippen molar-refractivity contribution in [3.63, 3.8) is 0 Å². The Morgan fingerprint density at radius 2 is 1.63 bits per heavy atom. The van der Waals surface area contributed by atoms with E-state index in [0.717, 1.165) is 12.1 Å². The second-order valence-corrected chi connectivity index (χ2v) is 6.16. The average Bonchev–Trinajstić information content (AvgIpc) is 2.86. The van der Waals surface area contributed by atoms with E-state index < -0.39 is 35.4 Å². The number of nitrogens with zero attached hydrogens (tertiary/aromatic N) is 1. The van der Waals surface area contributed by atoms with Gasteiger partial charge < -0.3 is 4.84 Å². The summed E-state index contributed by atoms with van der Waals surface area (Å²) in [4.78, 5) is 41.5. The molecule has 8 heteroatoms. The maximum atomic E-state index is 12.8. The van der Waals surface area contributed by atoms with Gasteiger partial charge in [-0.15, -0.1) is 0 Å². The quantitative estimate of drug-likeness (QED) is 0.764. The van der Waals surface area contributed by atoms with E-state index in [9.17, 15) is 27.6 Å². The highest BCUT2D eigenvalue weighted by molar-refractivity contribution is 6.20. The number of amides is 2. The molecule has 2 aromatic rings. The largest absolute Gasteiger partial charge is 0.416 e. The van der Waals surface area contributed by atoms with Gasteiger partial charge in [0, 0.05) is 0 Å². The number of hydroxylamine groups is 2. The van der Waals surface area contributed by atoms with Crippen LogP contribution in [0.25, 0.3) is 0 Å². The molecule has 27 heavy (non-hydrogen) atoms. The van der Waals surface area contributed by atoms with Crippen molar-refractivity contribution < 1.29 is 32.4 Å². The van der Waals surface area contributed by atoms with E-state index >= 15 is 0 Å². The van der Waals surface area contributed by atoms with Gasteiger partial charge in [-0.1, -0.05) is 42.3 Å². The second-order valence-electron chi connectivity index (χ2n) is 6.16. The average molecular weight is 377 g/mol. The third-order valence-corrected chi connectivity index (χ3v) is 4.14. The van der Waals surface area contributed by atoms with Crippen LogP contribution >= 0.6 is 0 Å². The summed E-state index contributed by atoms with van der Waals surface area (Å²) in [6.45, 7) is 1.45. The van der Waals surface area contributed by atoms with Crippen LogP contribution in [0.1, 0.15) is 38.8 Å². The van der Waals surface area contributed by atoms with Gasteiger partial charge in [0.1, 0.15) is 0 Å². The SMILES string of the molecule is CC(Cc1cccc(C(F)(F)F)c1)C(=O)ON1C(=O)c2ccccc2C1=O. The summed E-state index contributed by atoms with van der Waals surface area (Å²) in [5, 5.41) is 0.385. The molecule has 2 aromatic carbocycles. The van der Waals surface area contributed by atoms with E-state index in [1.807, 2.05) is 0 Å². The topological polar surface area (TPSA) is 63.7 Å². The molecule has 140 valence electrons. The Hall–Kier alpha value is -3.16. The minimum atomic E-state index is -4.49. The Morgan fingerprint density at radius 1 is 1.04 bits per heavy atom. The summed E-state index contributed by atoms with van der Waals surface area (Å²) >= 11 is 0. The summed E-state index contributed by atoms with van der Waals surface area (Å²) in [6.07, 6.45) is -4.52. The number of rotatable bonds is 4. The molecule has 0 radical (unpaired) electrons. The van der Waals surface area contributed by atoms with Crippen molar-refractivity contribution in [1.29, 1.82) is 0 Å². The molecule has 3 rings (SSSR count). The normalized spacial score (nSPS) is 14.9. The number of imide groups is 1. The lowest BCUT2D eigenvalue weighted by atomic mass is 9.99. The molecule has 0 saturated carbocycles. The molecule has 1 aliphatic rings. The first-order valence-electron chi connectivity index (χ1n) is 8.04. The zero-order valence-corrected chi connectivity index (χ0v) is 14.1. The summed E-state index contributed by atoms with van der Waals surface area (Å²) in [5.41, 5.74) is -0.279. The maximum Gasteiger partial charge on any atom is 0.416 e. The number of hydrogen-bond donors (Lipinski definition) is 0.